The van der Waals surface area contributed by atoms with Crippen LogP contribution >= 0.6 is 23.4 Å². The smallest absolute Gasteiger partial charge is 0.283 e. The van der Waals surface area contributed by atoms with E-state index in [2.05, 4.69) is 5.32 Å². The Hall–Kier alpha value is -3.02. The Labute approximate surface area is 184 Å². The maximum atomic E-state index is 13.3. The predicted octanol–water partition coefficient (Wildman–Crippen LogP) is 5.95. The van der Waals surface area contributed by atoms with E-state index in [1.165, 1.54) is 16.7 Å². The number of rotatable bonds is 5. The summed E-state index contributed by atoms with van der Waals surface area (Å²) in [6.45, 7) is 4.00. The second kappa shape index (κ2) is 8.38. The highest BCUT2D eigenvalue weighted by atomic mass is 35.5. The Morgan fingerprint density at radius 1 is 0.767 bits per heavy atom. The number of nitrogens with one attached hydrogen (secondary N) is 1. The van der Waals surface area contributed by atoms with Crippen LogP contribution in [0.15, 0.2) is 88.3 Å². The summed E-state index contributed by atoms with van der Waals surface area (Å²) in [5, 5.41) is 3.70. The molecular formula is C24H19ClN2O2S. The summed E-state index contributed by atoms with van der Waals surface area (Å²) in [5.41, 5.74) is 3.74. The van der Waals surface area contributed by atoms with E-state index in [-0.39, 0.29) is 11.6 Å². The van der Waals surface area contributed by atoms with E-state index >= 15 is 0 Å². The summed E-state index contributed by atoms with van der Waals surface area (Å²) in [5.74, 6) is -0.750. The Balaban J connectivity index is 1.73. The van der Waals surface area contributed by atoms with E-state index in [9.17, 15) is 9.59 Å². The zero-order valence-electron chi connectivity index (χ0n) is 16.5. The van der Waals surface area contributed by atoms with Gasteiger partial charge in [-0.3, -0.25) is 9.59 Å². The topological polar surface area (TPSA) is 49.4 Å². The van der Waals surface area contributed by atoms with Gasteiger partial charge in [-0.05, 0) is 62.4 Å². The van der Waals surface area contributed by atoms with Crippen LogP contribution in [-0.4, -0.2) is 11.8 Å². The van der Waals surface area contributed by atoms with Crippen LogP contribution in [0.3, 0.4) is 0 Å². The molecule has 4 nitrogen and oxygen atoms in total. The number of benzene rings is 3. The average molecular weight is 435 g/mol. The maximum absolute atomic E-state index is 13.3. The van der Waals surface area contributed by atoms with E-state index in [4.69, 9.17) is 11.6 Å². The molecule has 0 saturated carbocycles. The van der Waals surface area contributed by atoms with Crippen LogP contribution < -0.4 is 10.2 Å². The first-order valence-corrected chi connectivity index (χ1v) is 10.6. The van der Waals surface area contributed by atoms with Crippen molar-refractivity contribution in [3.05, 3.63) is 99.5 Å². The third-order valence-electron chi connectivity index (χ3n) is 4.69. The minimum Gasteiger partial charge on any atom is -0.350 e. The minimum atomic E-state index is -0.391. The first-order valence-electron chi connectivity index (χ1n) is 9.39. The lowest BCUT2D eigenvalue weighted by Gasteiger charge is -2.15. The van der Waals surface area contributed by atoms with Crippen LogP contribution in [0, 0.1) is 13.8 Å². The van der Waals surface area contributed by atoms with Gasteiger partial charge in [0.1, 0.15) is 10.6 Å². The highest BCUT2D eigenvalue weighted by Crippen LogP contribution is 2.38. The summed E-state index contributed by atoms with van der Waals surface area (Å²) in [6, 6.07) is 22.2. The number of anilines is 2. The number of halogens is 1. The molecule has 0 atom stereocenters. The van der Waals surface area contributed by atoms with Crippen LogP contribution in [0.4, 0.5) is 11.4 Å². The van der Waals surface area contributed by atoms with Crippen molar-refractivity contribution in [1.29, 1.82) is 0 Å². The van der Waals surface area contributed by atoms with Gasteiger partial charge in [0.15, 0.2) is 0 Å². The first kappa shape index (κ1) is 20.3. The second-order valence-electron chi connectivity index (χ2n) is 7.03. The summed E-state index contributed by atoms with van der Waals surface area (Å²) < 4.78 is 0. The van der Waals surface area contributed by atoms with Crippen molar-refractivity contribution in [1.82, 2.24) is 0 Å². The predicted molar refractivity (Wildman–Crippen MR) is 123 cm³/mol. The van der Waals surface area contributed by atoms with Gasteiger partial charge in [-0.1, -0.05) is 58.8 Å². The number of aryl methyl sites for hydroxylation is 2. The third kappa shape index (κ3) is 4.13. The van der Waals surface area contributed by atoms with Gasteiger partial charge in [0.05, 0.1) is 5.69 Å². The summed E-state index contributed by atoms with van der Waals surface area (Å²) in [4.78, 5) is 29.0. The Bertz CT molecular complexity index is 1070. The van der Waals surface area contributed by atoms with Gasteiger partial charge in [-0.25, -0.2) is 4.90 Å². The maximum Gasteiger partial charge on any atom is 0.283 e. The zero-order chi connectivity index (χ0) is 21.3. The number of hydrogen-bond acceptors (Lipinski definition) is 4. The minimum absolute atomic E-state index is 0.268. The number of nitrogens with zero attached hydrogens (tertiary/aromatic N) is 1. The second-order valence-corrected chi connectivity index (χ2v) is 8.55. The molecule has 1 aliphatic rings. The van der Waals surface area contributed by atoms with Crippen molar-refractivity contribution in [2.75, 3.05) is 10.2 Å². The van der Waals surface area contributed by atoms with Crippen LogP contribution in [0.1, 0.15) is 11.1 Å². The summed E-state index contributed by atoms with van der Waals surface area (Å²) >= 11 is 7.26. The molecule has 6 heteroatoms. The van der Waals surface area contributed by atoms with Crippen molar-refractivity contribution in [2.24, 2.45) is 0 Å². The monoisotopic (exact) mass is 434 g/mol. The number of imide groups is 1. The number of carbonyl (C=O) groups excluding carboxylic acids is 2. The lowest BCUT2D eigenvalue weighted by Crippen LogP contribution is -2.32. The highest BCUT2D eigenvalue weighted by Gasteiger charge is 2.40. The normalized spacial score (nSPS) is 13.9. The van der Waals surface area contributed by atoms with E-state index in [0.29, 0.717) is 15.6 Å². The molecule has 3 aromatic carbocycles. The molecule has 30 heavy (non-hydrogen) atoms. The third-order valence-corrected chi connectivity index (χ3v) is 6.03. The Kier molecular flexibility index (Phi) is 5.66. The number of thioether (sulfide) groups is 1. The van der Waals surface area contributed by atoms with E-state index in [1.54, 1.807) is 24.3 Å². The molecule has 2 amide bonds. The fraction of sp³-hybridized carbons (Fsp3) is 0.0833. The fourth-order valence-electron chi connectivity index (χ4n) is 3.04. The highest BCUT2D eigenvalue weighted by molar-refractivity contribution is 8.04. The van der Waals surface area contributed by atoms with E-state index < -0.39 is 5.91 Å². The lowest BCUT2D eigenvalue weighted by molar-refractivity contribution is -0.120. The van der Waals surface area contributed by atoms with Crippen molar-refractivity contribution in [2.45, 2.75) is 18.7 Å². The fourth-order valence-corrected chi connectivity index (χ4v) is 4.10. The largest absolute Gasteiger partial charge is 0.350 e. The number of amides is 2. The molecular weight excluding hydrogens is 416 g/mol. The summed E-state index contributed by atoms with van der Waals surface area (Å²) in [6.07, 6.45) is 0. The molecule has 4 rings (SSSR count). The van der Waals surface area contributed by atoms with E-state index in [1.807, 2.05) is 62.4 Å². The van der Waals surface area contributed by atoms with Gasteiger partial charge in [0.25, 0.3) is 11.8 Å². The van der Waals surface area contributed by atoms with Gasteiger partial charge in [-0.2, -0.15) is 0 Å². The van der Waals surface area contributed by atoms with Crippen LogP contribution in [0.2, 0.25) is 5.02 Å². The number of carbonyl (C=O) groups is 2. The van der Waals surface area contributed by atoms with Crippen LogP contribution in [0.25, 0.3) is 0 Å². The molecule has 0 aliphatic carbocycles. The Morgan fingerprint density at radius 3 is 1.93 bits per heavy atom. The molecule has 1 N–H and O–H groups in total. The quantitative estimate of drug-likeness (QED) is 0.504. The molecule has 3 aromatic rings. The molecule has 0 fully saturated rings. The average Bonchev–Trinajstić information content (AvgIpc) is 2.96. The van der Waals surface area contributed by atoms with Gasteiger partial charge in [-0.15, -0.1) is 0 Å². The van der Waals surface area contributed by atoms with Gasteiger partial charge in [0.2, 0.25) is 0 Å². The van der Waals surface area contributed by atoms with Gasteiger partial charge in [0, 0.05) is 15.6 Å². The molecule has 0 bridgehead atoms. The molecule has 0 saturated heterocycles. The number of hydrogen-bond donors (Lipinski definition) is 1. The first-order chi connectivity index (χ1) is 14.4. The molecule has 1 aliphatic heterocycles. The molecule has 1 heterocycles. The van der Waals surface area contributed by atoms with Crippen molar-refractivity contribution >= 4 is 46.6 Å². The molecule has 0 spiro atoms. The Morgan fingerprint density at radius 2 is 1.33 bits per heavy atom. The summed E-state index contributed by atoms with van der Waals surface area (Å²) in [7, 11) is 0. The van der Waals surface area contributed by atoms with Gasteiger partial charge >= 0.3 is 0 Å². The van der Waals surface area contributed by atoms with Crippen LogP contribution in [0.5, 0.6) is 0 Å². The van der Waals surface area contributed by atoms with Gasteiger partial charge < -0.3 is 5.32 Å². The molecule has 0 unspecified atom stereocenters. The van der Waals surface area contributed by atoms with Crippen molar-refractivity contribution in [3.8, 4) is 0 Å². The molecule has 0 radical (unpaired) electrons. The zero-order valence-corrected chi connectivity index (χ0v) is 18.1. The molecule has 150 valence electrons. The van der Waals surface area contributed by atoms with Crippen LogP contribution in [-0.2, 0) is 9.59 Å². The van der Waals surface area contributed by atoms with E-state index in [0.717, 1.165) is 21.7 Å². The molecule has 0 aromatic heterocycles. The lowest BCUT2D eigenvalue weighted by atomic mass is 10.2. The SMILES string of the molecule is Cc1ccc(NC2=C(Sc3ccc(C)cc3)C(=O)N(c3ccc(Cl)cc3)C2=O)cc1. The van der Waals surface area contributed by atoms with Crippen molar-refractivity contribution in [3.63, 3.8) is 0 Å². The van der Waals surface area contributed by atoms with Crippen molar-refractivity contribution < 1.29 is 9.59 Å². The standard InChI is InChI=1S/C24H19ClN2O2S/c1-15-3-9-18(10-4-15)26-21-22(30-20-13-5-16(2)6-14-20)24(29)27(23(21)28)19-11-7-17(25)8-12-19/h3-14,26H,1-2H3.